The number of esters is 1. The molecular formula is C16H16N4O3. The van der Waals surface area contributed by atoms with Crippen molar-refractivity contribution >= 4 is 23.9 Å². The van der Waals surface area contributed by atoms with Crippen LogP contribution in [0.3, 0.4) is 0 Å². The lowest BCUT2D eigenvalue weighted by molar-refractivity contribution is -0.134. The smallest absolute Gasteiger partial charge is 0.330 e. The van der Waals surface area contributed by atoms with Crippen LogP contribution in [0.2, 0.25) is 0 Å². The molecule has 4 N–H and O–H groups in total. The Hall–Kier alpha value is -3.35. The molecule has 7 heteroatoms. The van der Waals surface area contributed by atoms with Gasteiger partial charge < -0.3 is 20.8 Å². The fraction of sp³-hybridized carbons (Fsp3) is 0.0625. The second-order valence-electron chi connectivity index (χ2n) is 4.55. The van der Waals surface area contributed by atoms with Crippen molar-refractivity contribution in [2.45, 2.75) is 0 Å². The number of carbonyl (C=O) groups excluding carboxylic acids is 2. The van der Waals surface area contributed by atoms with E-state index in [0.717, 1.165) is 11.4 Å². The maximum absolute atomic E-state index is 11.9. The topological polar surface area (TPSA) is 113 Å². The highest BCUT2D eigenvalue weighted by Crippen LogP contribution is 2.16. The summed E-state index contributed by atoms with van der Waals surface area (Å²) in [5.41, 5.74) is 12.3. The van der Waals surface area contributed by atoms with Gasteiger partial charge in [0.05, 0.1) is 7.11 Å². The molecule has 0 saturated carbocycles. The normalized spacial score (nSPS) is 10.5. The molecule has 0 aliphatic rings. The molecule has 23 heavy (non-hydrogen) atoms. The number of amides is 1. The lowest BCUT2D eigenvalue weighted by Crippen LogP contribution is -2.24. The molecule has 0 atom stereocenters. The highest BCUT2D eigenvalue weighted by molar-refractivity contribution is 6.02. The van der Waals surface area contributed by atoms with Gasteiger partial charge in [0.25, 0.3) is 5.91 Å². The Kier molecular flexibility index (Phi) is 4.93. The fourth-order valence-electron chi connectivity index (χ4n) is 1.96. The van der Waals surface area contributed by atoms with Gasteiger partial charge in [-0.3, -0.25) is 4.79 Å². The van der Waals surface area contributed by atoms with E-state index in [0.29, 0.717) is 5.56 Å². The third-order valence-electron chi connectivity index (χ3n) is 2.97. The molecule has 7 nitrogen and oxygen atoms in total. The maximum Gasteiger partial charge on any atom is 0.330 e. The molecule has 1 aromatic carbocycles. The molecule has 1 amide bonds. The van der Waals surface area contributed by atoms with Gasteiger partial charge in [-0.15, -0.1) is 0 Å². The number of ether oxygens (including phenoxy) is 1. The monoisotopic (exact) mass is 312 g/mol. The van der Waals surface area contributed by atoms with E-state index in [9.17, 15) is 9.59 Å². The van der Waals surface area contributed by atoms with Crippen molar-refractivity contribution in [1.29, 1.82) is 0 Å². The van der Waals surface area contributed by atoms with E-state index in [-0.39, 0.29) is 5.96 Å². The summed E-state index contributed by atoms with van der Waals surface area (Å²) in [6.45, 7) is 0. The average Bonchev–Trinajstić information content (AvgIpc) is 3.00. The molecule has 0 saturated heterocycles. The number of rotatable bonds is 4. The zero-order valence-electron chi connectivity index (χ0n) is 12.5. The van der Waals surface area contributed by atoms with Crippen LogP contribution in [0.4, 0.5) is 0 Å². The summed E-state index contributed by atoms with van der Waals surface area (Å²) in [6, 6.07) is 10.5. The molecule has 2 rings (SSSR count). The first kappa shape index (κ1) is 16.0. The Bertz CT molecular complexity index is 786. The van der Waals surface area contributed by atoms with Crippen molar-refractivity contribution in [3.05, 3.63) is 59.9 Å². The molecule has 1 heterocycles. The van der Waals surface area contributed by atoms with Gasteiger partial charge >= 0.3 is 5.97 Å². The van der Waals surface area contributed by atoms with Gasteiger partial charge in [-0.25, -0.2) is 4.79 Å². The Labute approximate surface area is 132 Å². The first-order chi connectivity index (χ1) is 11.0. The van der Waals surface area contributed by atoms with E-state index < -0.39 is 11.9 Å². The average molecular weight is 312 g/mol. The number of nitrogens with zero attached hydrogens (tertiary/aromatic N) is 2. The molecule has 2 aromatic rings. The minimum atomic E-state index is -0.523. The summed E-state index contributed by atoms with van der Waals surface area (Å²) in [6.07, 6.45) is 4.75. The third-order valence-corrected chi connectivity index (χ3v) is 2.97. The summed E-state index contributed by atoms with van der Waals surface area (Å²) in [5.74, 6) is -1.26. The molecule has 0 aliphatic carbocycles. The largest absolute Gasteiger partial charge is 0.466 e. The van der Waals surface area contributed by atoms with E-state index in [2.05, 4.69) is 9.73 Å². The van der Waals surface area contributed by atoms with Crippen molar-refractivity contribution in [2.75, 3.05) is 7.11 Å². The summed E-state index contributed by atoms with van der Waals surface area (Å²) >= 11 is 0. The summed E-state index contributed by atoms with van der Waals surface area (Å²) < 4.78 is 6.37. The SMILES string of the molecule is COC(=O)C=Cc1cccn1-c1cccc(C(=O)N=C(N)N)c1. The standard InChI is InChI=1S/C16H16N4O3/c1-23-14(21)8-7-12-6-3-9-20(12)13-5-2-4-11(10-13)15(22)19-16(17)18/h2-10H,1H3,(H4,17,18,19,22). The predicted octanol–water partition coefficient (Wildman–Crippen LogP) is 1.08. The van der Waals surface area contributed by atoms with Crippen LogP contribution in [0.1, 0.15) is 16.1 Å². The molecule has 0 spiro atoms. The number of aromatic nitrogens is 1. The van der Waals surface area contributed by atoms with Gasteiger partial charge in [0.15, 0.2) is 5.96 Å². The summed E-state index contributed by atoms with van der Waals surface area (Å²) in [5, 5.41) is 0. The number of methoxy groups -OCH3 is 1. The van der Waals surface area contributed by atoms with Crippen LogP contribution in [-0.4, -0.2) is 29.5 Å². The molecule has 0 bridgehead atoms. The van der Waals surface area contributed by atoms with E-state index in [1.165, 1.54) is 13.2 Å². The van der Waals surface area contributed by atoms with E-state index in [4.69, 9.17) is 11.5 Å². The molecule has 1 aromatic heterocycles. The summed E-state index contributed by atoms with van der Waals surface area (Å²) in [7, 11) is 1.31. The van der Waals surface area contributed by atoms with E-state index in [1.54, 1.807) is 30.5 Å². The number of guanidine groups is 1. The van der Waals surface area contributed by atoms with Crippen molar-refractivity contribution < 1.29 is 14.3 Å². The van der Waals surface area contributed by atoms with Gasteiger partial charge in [-0.2, -0.15) is 4.99 Å². The lowest BCUT2D eigenvalue weighted by atomic mass is 10.2. The van der Waals surface area contributed by atoms with Crippen molar-refractivity contribution in [2.24, 2.45) is 16.5 Å². The van der Waals surface area contributed by atoms with Crippen LogP contribution in [0.25, 0.3) is 11.8 Å². The number of hydrogen-bond acceptors (Lipinski definition) is 3. The number of nitrogens with two attached hydrogens (primary N) is 2. The van der Waals surface area contributed by atoms with Gasteiger partial charge in [-0.1, -0.05) is 6.07 Å². The third kappa shape index (κ3) is 4.07. The fourth-order valence-corrected chi connectivity index (χ4v) is 1.96. The van der Waals surface area contributed by atoms with Crippen molar-refractivity contribution in [3.63, 3.8) is 0 Å². The Morgan fingerprint density at radius 2 is 2.00 bits per heavy atom. The highest BCUT2D eigenvalue weighted by Gasteiger charge is 2.07. The van der Waals surface area contributed by atoms with Gasteiger partial charge in [0.2, 0.25) is 0 Å². The number of aliphatic imine (C=N–C) groups is 1. The molecule has 0 unspecified atom stereocenters. The molecule has 118 valence electrons. The predicted molar refractivity (Wildman–Crippen MR) is 87.0 cm³/mol. The van der Waals surface area contributed by atoms with Gasteiger partial charge in [-0.05, 0) is 36.4 Å². The van der Waals surface area contributed by atoms with Gasteiger partial charge in [0, 0.05) is 29.2 Å². The Morgan fingerprint density at radius 1 is 1.22 bits per heavy atom. The molecule has 0 aliphatic heterocycles. The molecular weight excluding hydrogens is 296 g/mol. The van der Waals surface area contributed by atoms with Crippen LogP contribution in [0.15, 0.2) is 53.7 Å². The van der Waals surface area contributed by atoms with E-state index in [1.807, 2.05) is 22.8 Å². The van der Waals surface area contributed by atoms with Crippen molar-refractivity contribution in [1.82, 2.24) is 4.57 Å². The molecule has 0 fully saturated rings. The second-order valence-corrected chi connectivity index (χ2v) is 4.55. The minimum absolute atomic E-state index is 0.289. The second kappa shape index (κ2) is 7.08. The quantitative estimate of drug-likeness (QED) is 0.379. The number of hydrogen-bond donors (Lipinski definition) is 2. The number of carbonyl (C=O) groups is 2. The van der Waals surface area contributed by atoms with Gasteiger partial charge in [0.1, 0.15) is 0 Å². The first-order valence-corrected chi connectivity index (χ1v) is 6.69. The summed E-state index contributed by atoms with van der Waals surface area (Å²) in [4.78, 5) is 26.6. The van der Waals surface area contributed by atoms with Crippen LogP contribution in [0, 0.1) is 0 Å². The van der Waals surface area contributed by atoms with Crippen molar-refractivity contribution in [3.8, 4) is 5.69 Å². The van der Waals surface area contributed by atoms with Crippen LogP contribution in [0.5, 0.6) is 0 Å². The van der Waals surface area contributed by atoms with E-state index >= 15 is 0 Å². The van der Waals surface area contributed by atoms with Crippen LogP contribution >= 0.6 is 0 Å². The first-order valence-electron chi connectivity index (χ1n) is 6.69. The number of benzene rings is 1. The lowest BCUT2D eigenvalue weighted by Gasteiger charge is -2.07. The maximum atomic E-state index is 11.9. The Balaban J connectivity index is 2.35. The zero-order valence-corrected chi connectivity index (χ0v) is 12.5. The van der Waals surface area contributed by atoms with Crippen LogP contribution in [-0.2, 0) is 9.53 Å². The Morgan fingerprint density at radius 3 is 2.70 bits per heavy atom. The highest BCUT2D eigenvalue weighted by atomic mass is 16.5. The minimum Gasteiger partial charge on any atom is -0.466 e. The zero-order chi connectivity index (χ0) is 16.8. The molecule has 0 radical (unpaired) electrons. The van der Waals surface area contributed by atoms with Crippen LogP contribution < -0.4 is 11.5 Å².